The topological polar surface area (TPSA) is 121 Å². The first-order valence-corrected chi connectivity index (χ1v) is 12.3. The highest BCUT2D eigenvalue weighted by molar-refractivity contribution is 6.46. The SMILES string of the molecule is COc1cccc(C(O)=C2C(=O)C(=O)N(CCc3c[nH]c4ccc(OC)cc34)[C@H]2c2ccc(O)c(OC)c2)c1. The van der Waals surface area contributed by atoms with Crippen LogP contribution in [0.15, 0.2) is 72.4 Å². The first-order valence-electron chi connectivity index (χ1n) is 12.3. The Kier molecular flexibility index (Phi) is 6.89. The van der Waals surface area contributed by atoms with Crippen LogP contribution >= 0.6 is 0 Å². The fourth-order valence-corrected chi connectivity index (χ4v) is 4.98. The van der Waals surface area contributed by atoms with Crippen molar-refractivity contribution in [2.45, 2.75) is 12.5 Å². The highest BCUT2D eigenvalue weighted by Gasteiger charge is 2.46. The van der Waals surface area contributed by atoms with Crippen molar-refractivity contribution >= 4 is 28.4 Å². The number of ether oxygens (including phenoxy) is 3. The molecule has 0 saturated carbocycles. The molecule has 1 amide bonds. The van der Waals surface area contributed by atoms with Gasteiger partial charge in [-0.1, -0.05) is 18.2 Å². The quantitative estimate of drug-likeness (QED) is 0.174. The van der Waals surface area contributed by atoms with Gasteiger partial charge in [-0.3, -0.25) is 9.59 Å². The van der Waals surface area contributed by atoms with Crippen LogP contribution in [0.25, 0.3) is 16.7 Å². The second-order valence-corrected chi connectivity index (χ2v) is 9.13. The molecule has 9 nitrogen and oxygen atoms in total. The molecule has 1 fully saturated rings. The van der Waals surface area contributed by atoms with Crippen molar-refractivity contribution in [1.82, 2.24) is 9.88 Å². The number of fused-ring (bicyclic) bond motifs is 1. The monoisotopic (exact) mass is 528 g/mol. The molecule has 1 atom stereocenters. The number of phenols is 1. The predicted octanol–water partition coefficient (Wildman–Crippen LogP) is 4.56. The van der Waals surface area contributed by atoms with Gasteiger partial charge in [0.15, 0.2) is 11.5 Å². The Hall–Kier alpha value is -4.92. The Balaban J connectivity index is 1.59. The first-order chi connectivity index (χ1) is 18.9. The Morgan fingerprint density at radius 2 is 1.72 bits per heavy atom. The number of aliphatic hydroxyl groups excluding tert-OH is 1. The molecule has 0 radical (unpaired) electrons. The van der Waals surface area contributed by atoms with E-state index in [0.717, 1.165) is 16.5 Å². The molecule has 3 aromatic carbocycles. The van der Waals surface area contributed by atoms with E-state index in [1.807, 2.05) is 24.4 Å². The van der Waals surface area contributed by atoms with Crippen molar-refractivity contribution in [3.05, 3.63) is 89.1 Å². The molecule has 1 aromatic heterocycles. The number of likely N-dealkylation sites (tertiary alicyclic amines) is 1. The number of amides is 1. The number of nitrogens with one attached hydrogen (secondary N) is 1. The van der Waals surface area contributed by atoms with Crippen molar-refractivity contribution in [3.63, 3.8) is 0 Å². The second-order valence-electron chi connectivity index (χ2n) is 9.13. The van der Waals surface area contributed by atoms with Crippen LogP contribution in [0, 0.1) is 0 Å². The zero-order valence-electron chi connectivity index (χ0n) is 21.7. The van der Waals surface area contributed by atoms with Crippen LogP contribution in [0.2, 0.25) is 0 Å². The molecule has 0 unspecified atom stereocenters. The van der Waals surface area contributed by atoms with E-state index in [1.165, 1.54) is 25.2 Å². The highest BCUT2D eigenvalue weighted by atomic mass is 16.5. The lowest BCUT2D eigenvalue weighted by Crippen LogP contribution is -2.31. The van der Waals surface area contributed by atoms with E-state index in [4.69, 9.17) is 14.2 Å². The van der Waals surface area contributed by atoms with Gasteiger partial charge >= 0.3 is 0 Å². The van der Waals surface area contributed by atoms with Gasteiger partial charge in [0.05, 0.1) is 32.9 Å². The fraction of sp³-hybridized carbons (Fsp3) is 0.200. The maximum absolute atomic E-state index is 13.4. The lowest BCUT2D eigenvalue weighted by Gasteiger charge is -2.26. The summed E-state index contributed by atoms with van der Waals surface area (Å²) in [5.41, 5.74) is 2.66. The summed E-state index contributed by atoms with van der Waals surface area (Å²) in [5, 5.41) is 22.5. The number of carbonyl (C=O) groups excluding carboxylic acids is 2. The molecule has 2 heterocycles. The lowest BCUT2D eigenvalue weighted by molar-refractivity contribution is -0.139. The third kappa shape index (κ3) is 4.63. The molecule has 0 aliphatic carbocycles. The van der Waals surface area contributed by atoms with Gasteiger partial charge in [0.1, 0.15) is 17.3 Å². The fourth-order valence-electron chi connectivity index (χ4n) is 4.98. The van der Waals surface area contributed by atoms with Crippen molar-refractivity contribution in [2.75, 3.05) is 27.9 Å². The Morgan fingerprint density at radius 3 is 2.46 bits per heavy atom. The number of aromatic hydroxyl groups is 1. The summed E-state index contributed by atoms with van der Waals surface area (Å²) in [4.78, 5) is 31.5. The zero-order chi connectivity index (χ0) is 27.7. The number of aliphatic hydroxyl groups is 1. The summed E-state index contributed by atoms with van der Waals surface area (Å²) >= 11 is 0. The number of carbonyl (C=O) groups is 2. The molecule has 1 saturated heterocycles. The van der Waals surface area contributed by atoms with E-state index >= 15 is 0 Å². The third-order valence-corrected chi connectivity index (χ3v) is 7.00. The Labute approximate surface area is 224 Å². The number of H-pyrrole nitrogens is 1. The summed E-state index contributed by atoms with van der Waals surface area (Å²) in [5.74, 6) is -0.545. The van der Waals surface area contributed by atoms with Crippen LogP contribution in [0.3, 0.4) is 0 Å². The number of phenolic OH excluding ortho intramolecular Hbond substituents is 1. The molecule has 1 aliphatic rings. The van der Waals surface area contributed by atoms with Crippen LogP contribution in [0.4, 0.5) is 0 Å². The largest absolute Gasteiger partial charge is 0.507 e. The van der Waals surface area contributed by atoms with Gasteiger partial charge in [-0.05, 0) is 60.0 Å². The number of aromatic amines is 1. The van der Waals surface area contributed by atoms with Crippen LogP contribution in [0.1, 0.15) is 22.7 Å². The Bertz CT molecular complexity index is 1600. The van der Waals surface area contributed by atoms with E-state index in [0.29, 0.717) is 29.0 Å². The molecule has 9 heteroatoms. The summed E-state index contributed by atoms with van der Waals surface area (Å²) in [7, 11) is 4.51. The van der Waals surface area contributed by atoms with Crippen molar-refractivity contribution in [2.24, 2.45) is 0 Å². The van der Waals surface area contributed by atoms with Gasteiger partial charge in [0, 0.05) is 29.2 Å². The van der Waals surface area contributed by atoms with Crippen molar-refractivity contribution in [3.8, 4) is 23.0 Å². The number of ketones is 1. The molecule has 5 rings (SSSR count). The third-order valence-electron chi connectivity index (χ3n) is 7.00. The number of rotatable bonds is 8. The maximum Gasteiger partial charge on any atom is 0.295 e. The lowest BCUT2D eigenvalue weighted by atomic mass is 9.94. The molecular formula is C30H28N2O7. The highest BCUT2D eigenvalue weighted by Crippen LogP contribution is 2.42. The van der Waals surface area contributed by atoms with Crippen LogP contribution in [0.5, 0.6) is 23.0 Å². The van der Waals surface area contributed by atoms with E-state index in [9.17, 15) is 19.8 Å². The summed E-state index contributed by atoms with van der Waals surface area (Å²) < 4.78 is 15.9. The van der Waals surface area contributed by atoms with Crippen LogP contribution in [-0.4, -0.2) is 59.7 Å². The predicted molar refractivity (Wildman–Crippen MR) is 145 cm³/mol. The van der Waals surface area contributed by atoms with Gasteiger partial charge in [0.25, 0.3) is 11.7 Å². The van der Waals surface area contributed by atoms with Crippen molar-refractivity contribution < 1.29 is 34.0 Å². The van der Waals surface area contributed by atoms with Gasteiger partial charge in [-0.25, -0.2) is 0 Å². The van der Waals surface area contributed by atoms with E-state index in [1.54, 1.807) is 43.5 Å². The minimum atomic E-state index is -0.912. The molecule has 0 bridgehead atoms. The number of methoxy groups -OCH3 is 3. The zero-order valence-corrected chi connectivity index (χ0v) is 21.7. The molecular weight excluding hydrogens is 500 g/mol. The normalized spacial score (nSPS) is 16.6. The number of nitrogens with zero attached hydrogens (tertiary/aromatic N) is 1. The maximum atomic E-state index is 13.4. The molecule has 4 aromatic rings. The second kappa shape index (κ2) is 10.4. The number of benzene rings is 3. The summed E-state index contributed by atoms with van der Waals surface area (Å²) in [6.45, 7) is 0.192. The molecule has 0 spiro atoms. The number of hydrogen-bond donors (Lipinski definition) is 3. The number of Topliss-reactive ketones (excluding diaryl/α,β-unsaturated/α-hetero) is 1. The molecule has 1 aliphatic heterocycles. The standard InChI is InChI=1S/C30H28N2O7/c1-37-20-6-4-5-18(13-20)28(34)26-27(17-7-10-24(33)25(14-17)39-3)32(30(36)29(26)35)12-11-19-16-31-23-9-8-21(38-2)15-22(19)23/h4-10,13-16,27,31,33-34H,11-12H2,1-3H3/t27-/m0/s1. The molecule has 200 valence electrons. The van der Waals surface area contributed by atoms with E-state index in [2.05, 4.69) is 4.98 Å². The number of hydrogen-bond acceptors (Lipinski definition) is 7. The Morgan fingerprint density at radius 1 is 0.949 bits per heavy atom. The van der Waals surface area contributed by atoms with Gasteiger partial charge < -0.3 is 34.3 Å². The number of aromatic nitrogens is 1. The van der Waals surface area contributed by atoms with E-state index < -0.39 is 17.7 Å². The minimum absolute atomic E-state index is 0.0541. The van der Waals surface area contributed by atoms with Gasteiger partial charge in [-0.15, -0.1) is 0 Å². The van der Waals surface area contributed by atoms with Crippen molar-refractivity contribution in [1.29, 1.82) is 0 Å². The minimum Gasteiger partial charge on any atom is -0.507 e. The van der Waals surface area contributed by atoms with Gasteiger partial charge in [-0.2, -0.15) is 0 Å². The molecule has 3 N–H and O–H groups in total. The van der Waals surface area contributed by atoms with Crippen LogP contribution < -0.4 is 14.2 Å². The van der Waals surface area contributed by atoms with Gasteiger partial charge in [0.2, 0.25) is 0 Å². The average molecular weight is 529 g/mol. The summed E-state index contributed by atoms with van der Waals surface area (Å²) in [6, 6.07) is 16.0. The average Bonchev–Trinajstić information content (AvgIpc) is 3.48. The first kappa shape index (κ1) is 25.7. The van der Waals surface area contributed by atoms with E-state index in [-0.39, 0.29) is 29.4 Å². The van der Waals surface area contributed by atoms with Crippen LogP contribution in [-0.2, 0) is 16.0 Å². The summed E-state index contributed by atoms with van der Waals surface area (Å²) in [6.07, 6.45) is 2.31. The molecule has 39 heavy (non-hydrogen) atoms. The smallest absolute Gasteiger partial charge is 0.295 e.